The van der Waals surface area contributed by atoms with E-state index in [9.17, 15) is 17.3 Å². The highest BCUT2D eigenvalue weighted by molar-refractivity contribution is 6.27. The molecular formula is C64H96B4F4N8O24. The van der Waals surface area contributed by atoms with Gasteiger partial charge in [0, 0.05) is 135 Å². The molecule has 40 heteroatoms. The van der Waals surface area contributed by atoms with E-state index in [0.29, 0.717) is 52.9 Å². The van der Waals surface area contributed by atoms with Gasteiger partial charge >= 0.3 is 0 Å². The molecule has 0 unspecified atom stereocenters. The third kappa shape index (κ3) is 62.6. The minimum Gasteiger partial charge on any atom is -0.867 e. The van der Waals surface area contributed by atoms with Crippen molar-refractivity contribution in [2.75, 3.05) is 110 Å². The fraction of sp³-hybridized carbons (Fsp3) is 0.375. The van der Waals surface area contributed by atoms with E-state index in [0.717, 1.165) is 46.0 Å². The molecule has 104 heavy (non-hydrogen) atoms. The van der Waals surface area contributed by atoms with Crippen LogP contribution in [-0.4, -0.2) is 139 Å². The fourth-order valence-electron chi connectivity index (χ4n) is 6.16. The van der Waals surface area contributed by atoms with Crippen LogP contribution in [0.3, 0.4) is 0 Å². The maximum absolute atomic E-state index is 9.89. The summed E-state index contributed by atoms with van der Waals surface area (Å²) < 4.78 is 92.5. The van der Waals surface area contributed by atoms with Crippen molar-refractivity contribution in [2.24, 2.45) is 0 Å². The second-order valence-electron chi connectivity index (χ2n) is 17.2. The Hall–Kier alpha value is -10.3. The molecule has 0 bridgehead atoms. The van der Waals surface area contributed by atoms with Gasteiger partial charge < -0.3 is 95.3 Å². The van der Waals surface area contributed by atoms with Gasteiger partial charge in [-0.3, -0.25) is 38.7 Å². The average molecular weight is 1480 g/mol. The van der Waals surface area contributed by atoms with Crippen molar-refractivity contribution < 1.29 is 172 Å². The van der Waals surface area contributed by atoms with Gasteiger partial charge in [-0.15, -0.1) is 0 Å². The van der Waals surface area contributed by atoms with E-state index in [4.69, 9.17) is 117 Å². The van der Waals surface area contributed by atoms with Crippen LogP contribution in [0.5, 0.6) is 46.0 Å². The van der Waals surface area contributed by atoms with Gasteiger partial charge in [0.1, 0.15) is 75.6 Å². The van der Waals surface area contributed by atoms with E-state index in [1.54, 1.807) is 94.7 Å². The Balaban J connectivity index is -0.000000533. The molecule has 8 heterocycles. The number of rotatable bonds is 24. The van der Waals surface area contributed by atoms with Crippen LogP contribution in [0.25, 0.3) is 0 Å². The van der Waals surface area contributed by atoms with Crippen LogP contribution < -0.4 is 155 Å². The molecule has 0 aromatic carbocycles. The number of aromatic nitrogens is 8. The molecule has 0 N–H and O–H groups in total. The molecule has 8 aromatic rings. The smallest absolute Gasteiger partial charge is 0.226 e. The highest BCUT2D eigenvalue weighted by atomic mass is 19.1. The second kappa shape index (κ2) is 69.7. The summed E-state index contributed by atoms with van der Waals surface area (Å²) in [6, 6.07) is 29.5. The Morgan fingerprint density at radius 1 is 0.202 bits per heavy atom. The molecule has 32 nitrogen and oxygen atoms in total. The van der Waals surface area contributed by atoms with Crippen LogP contribution in [-0.2, 0) is 0 Å². The maximum Gasteiger partial charge on any atom is 0.226 e. The summed E-state index contributed by atoms with van der Waals surface area (Å²) in [5, 5.41) is 66.4. The summed E-state index contributed by atoms with van der Waals surface area (Å²) in [5.74, 6) is 6.67. The number of hydrogen-bond donors (Lipinski definition) is 0. The first-order chi connectivity index (χ1) is 49.8. The lowest BCUT2D eigenvalue weighted by molar-refractivity contribution is -0.891. The monoisotopic (exact) mass is 1480 g/mol. The summed E-state index contributed by atoms with van der Waals surface area (Å²) in [6.07, 6.45) is 28.9. The Bertz CT molecular complexity index is 2500. The molecule has 0 spiro atoms. The summed E-state index contributed by atoms with van der Waals surface area (Å²) >= 11 is 0. The Morgan fingerprint density at radius 3 is 0.317 bits per heavy atom. The number of halogens is 4. The highest BCUT2D eigenvalue weighted by Gasteiger charge is 2.05. The molecular weight excluding hydrogens is 1380 g/mol. The number of hydrogen-bond acceptors (Lipinski definition) is 24. The Kier molecular flexibility index (Phi) is 67.1. The quantitative estimate of drug-likeness (QED) is 0.0309. The number of ether oxygens (including phenoxy) is 8. The largest absolute Gasteiger partial charge is 0.867 e. The van der Waals surface area contributed by atoms with Crippen LogP contribution in [0.1, 0.15) is 55.4 Å². The van der Waals surface area contributed by atoms with Crippen molar-refractivity contribution in [3.63, 3.8) is 0 Å². The van der Waals surface area contributed by atoms with Gasteiger partial charge in [-0.05, 0) is 55.4 Å². The minimum absolute atomic E-state index is 0.664. The van der Waals surface area contributed by atoms with Gasteiger partial charge in [-0.25, -0.2) is 0 Å². The average Bonchev–Trinajstić information content (AvgIpc) is 1.07. The standard InChI is InChI=1S/8C8H12NO2.4BFO2/c8*1-3-11-9-6-4-8(10-2)5-7-9;4*2-1(3)4/h8*4-7H,3H2,1-2H3;;;;/q8*+1;4*-2. The van der Waals surface area contributed by atoms with Crippen LogP contribution in [0.4, 0.5) is 17.3 Å². The first kappa shape index (κ1) is 100. The first-order valence-corrected chi connectivity index (χ1v) is 31.2. The zero-order valence-corrected chi connectivity index (χ0v) is 61.3. The molecule has 0 saturated carbocycles. The van der Waals surface area contributed by atoms with Gasteiger partial charge in [-0.2, -0.15) is 0 Å². The van der Waals surface area contributed by atoms with E-state index in [-0.39, 0.29) is 0 Å². The molecule has 0 aliphatic carbocycles. The zero-order valence-electron chi connectivity index (χ0n) is 61.3. The van der Waals surface area contributed by atoms with Gasteiger partial charge in [0.2, 0.25) is 99.1 Å². The predicted molar refractivity (Wildman–Crippen MR) is 350 cm³/mol. The van der Waals surface area contributed by atoms with Crippen molar-refractivity contribution in [3.05, 3.63) is 196 Å². The molecule has 0 saturated heterocycles. The maximum atomic E-state index is 9.89. The second-order valence-corrected chi connectivity index (χ2v) is 17.2. The van der Waals surface area contributed by atoms with Gasteiger partial charge in [-0.1, -0.05) is 0 Å². The van der Waals surface area contributed by atoms with Crippen LogP contribution in [0, 0.1) is 0 Å². The van der Waals surface area contributed by atoms with E-state index in [1.165, 1.54) is 0 Å². The van der Waals surface area contributed by atoms with Crippen molar-refractivity contribution >= 4 is 29.6 Å². The molecule has 576 valence electrons. The highest BCUT2D eigenvalue weighted by Crippen LogP contribution is 2.08. The number of nitrogens with zero attached hydrogens (tertiary/aromatic N) is 8. The van der Waals surface area contributed by atoms with Crippen molar-refractivity contribution in [3.8, 4) is 46.0 Å². The molecule has 0 aliphatic heterocycles. The molecule has 0 fully saturated rings. The normalized spacial score (nSPS) is 8.88. The summed E-state index contributed by atoms with van der Waals surface area (Å²) in [5.41, 5.74) is 0. The topological polar surface area (TPSA) is 363 Å². The van der Waals surface area contributed by atoms with Crippen molar-refractivity contribution in [2.45, 2.75) is 55.4 Å². The molecule has 0 radical (unpaired) electrons. The summed E-state index contributed by atoms with van der Waals surface area (Å²) in [7, 11) is 0.447. The fourth-order valence-corrected chi connectivity index (χ4v) is 6.16. The lowest BCUT2D eigenvalue weighted by Crippen LogP contribution is -2.41. The molecule has 0 aliphatic rings. The van der Waals surface area contributed by atoms with Crippen LogP contribution >= 0.6 is 0 Å². The van der Waals surface area contributed by atoms with E-state index < -0.39 is 29.6 Å². The van der Waals surface area contributed by atoms with E-state index in [1.807, 2.05) is 252 Å². The lowest BCUT2D eigenvalue weighted by Gasteiger charge is -2.09. The SMILES string of the molecule is CCO[n+]1ccc(OC)cc1.CCO[n+]1ccc(OC)cc1.CCO[n+]1ccc(OC)cc1.CCO[n+]1ccc(OC)cc1.CCO[n+]1ccc(OC)cc1.CCO[n+]1ccc(OC)cc1.CCO[n+]1ccc(OC)cc1.CCO[n+]1ccc(OC)cc1.[O-]B([O-])F.[O-]B([O-])F.[O-]B([O-])F.[O-]B([O-])F. The van der Waals surface area contributed by atoms with Crippen molar-refractivity contribution in [1.82, 2.24) is 0 Å². The van der Waals surface area contributed by atoms with Gasteiger partial charge in [0.05, 0.1) is 56.9 Å². The Morgan fingerprint density at radius 2 is 0.269 bits per heavy atom. The molecule has 8 aromatic heterocycles. The molecule has 0 atom stereocenters. The zero-order chi connectivity index (χ0) is 79.1. The van der Waals surface area contributed by atoms with Gasteiger partial charge in [0.15, 0.2) is 52.9 Å². The Labute approximate surface area is 606 Å². The lowest BCUT2D eigenvalue weighted by atomic mass is 10.3. The van der Waals surface area contributed by atoms with Crippen LogP contribution in [0.15, 0.2) is 196 Å². The molecule has 0 amide bonds. The minimum atomic E-state index is -3.17. The summed E-state index contributed by atoms with van der Waals surface area (Å²) in [4.78, 5) is 41.3. The third-order valence-electron chi connectivity index (χ3n) is 10.3. The molecule has 8 rings (SSSR count). The van der Waals surface area contributed by atoms with E-state index in [2.05, 4.69) is 0 Å². The predicted octanol–water partition coefficient (Wildman–Crippen LogP) is -5.90. The van der Waals surface area contributed by atoms with Crippen LogP contribution in [0.2, 0.25) is 0 Å². The first-order valence-electron chi connectivity index (χ1n) is 31.2. The van der Waals surface area contributed by atoms with E-state index >= 15 is 0 Å². The number of methoxy groups -OCH3 is 8. The van der Waals surface area contributed by atoms with Gasteiger partial charge in [0.25, 0.3) is 0 Å². The van der Waals surface area contributed by atoms with Crippen molar-refractivity contribution in [1.29, 1.82) is 0 Å². The summed E-state index contributed by atoms with van der Waals surface area (Å²) in [6.45, 7) is 20.8. The number of pyridine rings is 8. The third-order valence-corrected chi connectivity index (χ3v) is 10.3.